The lowest BCUT2D eigenvalue weighted by Gasteiger charge is -2.38. The zero-order valence-electron chi connectivity index (χ0n) is 11.6. The Hall–Kier alpha value is -1.55. The minimum atomic E-state index is 0.106. The Balaban J connectivity index is 1.73. The number of hydrogen-bond donors (Lipinski definition) is 1. The molecule has 0 radical (unpaired) electrons. The van der Waals surface area contributed by atoms with Crippen LogP contribution in [0.3, 0.4) is 0 Å². The van der Waals surface area contributed by atoms with E-state index in [4.69, 9.17) is 9.84 Å². The van der Waals surface area contributed by atoms with Crippen LogP contribution < -0.4 is 4.74 Å². The number of aliphatic hydroxyl groups is 1. The molecule has 1 fully saturated rings. The number of aryl methyl sites for hydroxylation is 2. The van der Waals surface area contributed by atoms with Crippen LogP contribution in [0, 0.1) is 19.8 Å². The smallest absolute Gasteiger partial charge is 0.226 e. The van der Waals surface area contributed by atoms with E-state index < -0.39 is 0 Å². The Labute approximate surface area is 114 Å². The summed E-state index contributed by atoms with van der Waals surface area (Å²) in [6, 6.07) is 6.04. The van der Waals surface area contributed by atoms with E-state index in [1.165, 1.54) is 0 Å². The van der Waals surface area contributed by atoms with Gasteiger partial charge in [-0.3, -0.25) is 4.79 Å². The van der Waals surface area contributed by atoms with Gasteiger partial charge in [0.15, 0.2) is 0 Å². The average Bonchev–Trinajstić information content (AvgIpc) is 2.26. The van der Waals surface area contributed by atoms with Crippen LogP contribution in [0.4, 0.5) is 0 Å². The highest BCUT2D eigenvalue weighted by Crippen LogP contribution is 2.18. The number of amides is 1. The summed E-state index contributed by atoms with van der Waals surface area (Å²) in [6.07, 6.45) is 0.394. The van der Waals surface area contributed by atoms with Gasteiger partial charge < -0.3 is 14.7 Å². The van der Waals surface area contributed by atoms with Crippen molar-refractivity contribution >= 4 is 5.91 Å². The van der Waals surface area contributed by atoms with E-state index in [9.17, 15) is 4.79 Å². The predicted octanol–water partition coefficient (Wildman–Crippen LogP) is 1.52. The number of aliphatic hydroxyl groups excluding tert-OH is 1. The standard InChI is InChI=1S/C15H21NO3/c1-11-5-12(2)7-14(6-11)19-4-3-15(18)16-8-13(9-16)10-17/h5-7,13,17H,3-4,8-10H2,1-2H3. The molecule has 0 aliphatic carbocycles. The molecule has 1 saturated heterocycles. The minimum Gasteiger partial charge on any atom is -0.493 e. The van der Waals surface area contributed by atoms with Crippen LogP contribution in [0.15, 0.2) is 18.2 Å². The van der Waals surface area contributed by atoms with E-state index >= 15 is 0 Å². The van der Waals surface area contributed by atoms with Gasteiger partial charge in [-0.05, 0) is 37.1 Å². The summed E-state index contributed by atoms with van der Waals surface area (Å²) in [5, 5.41) is 8.90. The summed E-state index contributed by atoms with van der Waals surface area (Å²) in [7, 11) is 0. The lowest BCUT2D eigenvalue weighted by Crippen LogP contribution is -2.51. The van der Waals surface area contributed by atoms with Crippen molar-refractivity contribution in [3.63, 3.8) is 0 Å². The Morgan fingerprint density at radius 1 is 1.32 bits per heavy atom. The number of nitrogens with zero attached hydrogens (tertiary/aromatic N) is 1. The molecule has 1 N–H and O–H groups in total. The van der Waals surface area contributed by atoms with Crippen LogP contribution in [0.5, 0.6) is 5.75 Å². The predicted molar refractivity (Wildman–Crippen MR) is 73.2 cm³/mol. The monoisotopic (exact) mass is 263 g/mol. The molecule has 0 bridgehead atoms. The molecule has 4 nitrogen and oxygen atoms in total. The Morgan fingerprint density at radius 2 is 1.95 bits per heavy atom. The highest BCUT2D eigenvalue weighted by Gasteiger charge is 2.29. The number of likely N-dealkylation sites (tertiary alicyclic amines) is 1. The van der Waals surface area contributed by atoms with Crippen LogP contribution in [0.2, 0.25) is 0 Å². The lowest BCUT2D eigenvalue weighted by molar-refractivity contribution is -0.138. The molecule has 0 unspecified atom stereocenters. The minimum absolute atomic E-state index is 0.106. The Bertz CT molecular complexity index is 432. The van der Waals surface area contributed by atoms with Crippen LogP contribution in [0.25, 0.3) is 0 Å². The van der Waals surface area contributed by atoms with E-state index in [-0.39, 0.29) is 18.4 Å². The summed E-state index contributed by atoms with van der Waals surface area (Å²) in [6.45, 7) is 5.99. The van der Waals surface area contributed by atoms with Gasteiger partial charge in [0.2, 0.25) is 5.91 Å². The molecule has 104 valence electrons. The lowest BCUT2D eigenvalue weighted by atomic mass is 10.0. The van der Waals surface area contributed by atoms with Crippen molar-refractivity contribution in [3.05, 3.63) is 29.3 Å². The van der Waals surface area contributed by atoms with Crippen LogP contribution in [0.1, 0.15) is 17.5 Å². The molecule has 1 aromatic rings. The van der Waals surface area contributed by atoms with Crippen molar-refractivity contribution < 1.29 is 14.6 Å². The van der Waals surface area contributed by atoms with Crippen molar-refractivity contribution in [2.75, 3.05) is 26.3 Å². The summed E-state index contributed by atoms with van der Waals surface area (Å²) < 4.78 is 5.61. The molecule has 1 aliphatic rings. The van der Waals surface area contributed by atoms with Gasteiger partial charge in [0.1, 0.15) is 5.75 Å². The van der Waals surface area contributed by atoms with Crippen LogP contribution in [-0.4, -0.2) is 42.2 Å². The zero-order valence-corrected chi connectivity index (χ0v) is 11.6. The highest BCUT2D eigenvalue weighted by molar-refractivity contribution is 5.77. The number of hydrogen-bond acceptors (Lipinski definition) is 3. The number of carbonyl (C=O) groups excluding carboxylic acids is 1. The largest absolute Gasteiger partial charge is 0.493 e. The SMILES string of the molecule is Cc1cc(C)cc(OCCC(=O)N2CC(CO)C2)c1. The fourth-order valence-electron chi connectivity index (χ4n) is 2.32. The summed E-state index contributed by atoms with van der Waals surface area (Å²) in [4.78, 5) is 13.5. The molecule has 4 heteroatoms. The number of benzene rings is 1. The molecule has 1 aromatic carbocycles. The summed E-state index contributed by atoms with van der Waals surface area (Å²) in [5.74, 6) is 1.19. The molecule has 1 heterocycles. The van der Waals surface area contributed by atoms with Crippen LogP contribution in [-0.2, 0) is 4.79 Å². The van der Waals surface area contributed by atoms with E-state index in [1.54, 1.807) is 4.90 Å². The average molecular weight is 263 g/mol. The first kappa shape index (κ1) is 13.9. The highest BCUT2D eigenvalue weighted by atomic mass is 16.5. The van der Waals surface area contributed by atoms with Gasteiger partial charge in [-0.1, -0.05) is 6.07 Å². The van der Waals surface area contributed by atoms with E-state index in [1.807, 2.05) is 26.0 Å². The molecule has 1 amide bonds. The van der Waals surface area contributed by atoms with E-state index in [2.05, 4.69) is 6.07 Å². The fourth-order valence-corrected chi connectivity index (χ4v) is 2.32. The summed E-state index contributed by atoms with van der Waals surface area (Å²) >= 11 is 0. The second-order valence-electron chi connectivity index (χ2n) is 5.27. The number of rotatable bonds is 5. The molecular weight excluding hydrogens is 242 g/mol. The third-order valence-electron chi connectivity index (χ3n) is 3.35. The number of ether oxygens (including phenoxy) is 1. The third kappa shape index (κ3) is 3.70. The molecule has 0 spiro atoms. The molecule has 2 rings (SSSR count). The van der Waals surface area contributed by atoms with Gasteiger partial charge in [0.25, 0.3) is 0 Å². The van der Waals surface area contributed by atoms with Crippen molar-refractivity contribution in [1.82, 2.24) is 4.90 Å². The van der Waals surface area contributed by atoms with Crippen molar-refractivity contribution in [2.24, 2.45) is 5.92 Å². The topological polar surface area (TPSA) is 49.8 Å². The van der Waals surface area contributed by atoms with Crippen molar-refractivity contribution in [2.45, 2.75) is 20.3 Å². The fraction of sp³-hybridized carbons (Fsp3) is 0.533. The third-order valence-corrected chi connectivity index (χ3v) is 3.35. The van der Waals surface area contributed by atoms with E-state index in [0.717, 1.165) is 16.9 Å². The normalized spacial score (nSPS) is 15.2. The van der Waals surface area contributed by atoms with Crippen LogP contribution >= 0.6 is 0 Å². The quantitative estimate of drug-likeness (QED) is 0.876. The molecular formula is C15H21NO3. The molecule has 0 saturated carbocycles. The maximum atomic E-state index is 11.8. The molecule has 1 aliphatic heterocycles. The van der Waals surface area contributed by atoms with Gasteiger partial charge in [0, 0.05) is 25.6 Å². The Morgan fingerprint density at radius 3 is 2.53 bits per heavy atom. The maximum Gasteiger partial charge on any atom is 0.226 e. The first-order chi connectivity index (χ1) is 9.08. The first-order valence-corrected chi connectivity index (χ1v) is 6.68. The molecule has 0 atom stereocenters. The van der Waals surface area contributed by atoms with Gasteiger partial charge >= 0.3 is 0 Å². The Kier molecular flexibility index (Phi) is 4.43. The zero-order chi connectivity index (χ0) is 13.8. The first-order valence-electron chi connectivity index (χ1n) is 6.68. The van der Waals surface area contributed by atoms with Crippen molar-refractivity contribution in [3.8, 4) is 5.75 Å². The maximum absolute atomic E-state index is 11.8. The second-order valence-corrected chi connectivity index (χ2v) is 5.27. The van der Waals surface area contributed by atoms with Gasteiger partial charge in [-0.15, -0.1) is 0 Å². The van der Waals surface area contributed by atoms with Gasteiger partial charge in [-0.2, -0.15) is 0 Å². The van der Waals surface area contributed by atoms with E-state index in [0.29, 0.717) is 26.1 Å². The molecule has 0 aromatic heterocycles. The summed E-state index contributed by atoms with van der Waals surface area (Å²) in [5.41, 5.74) is 2.32. The number of carbonyl (C=O) groups is 1. The second kappa shape index (κ2) is 6.06. The van der Waals surface area contributed by atoms with Gasteiger partial charge in [-0.25, -0.2) is 0 Å². The molecule has 19 heavy (non-hydrogen) atoms. The van der Waals surface area contributed by atoms with Gasteiger partial charge in [0.05, 0.1) is 13.0 Å². The van der Waals surface area contributed by atoms with Crippen molar-refractivity contribution in [1.29, 1.82) is 0 Å².